The summed E-state index contributed by atoms with van der Waals surface area (Å²) in [6.45, 7) is 1.88. The van der Waals surface area contributed by atoms with Crippen molar-refractivity contribution in [2.75, 3.05) is 16.7 Å². The van der Waals surface area contributed by atoms with Crippen molar-refractivity contribution in [3.63, 3.8) is 0 Å². The van der Waals surface area contributed by atoms with Crippen LogP contribution in [0.2, 0.25) is 0 Å². The second kappa shape index (κ2) is 8.38. The minimum atomic E-state index is -3.72. The highest BCUT2D eigenvalue weighted by atomic mass is 32.2. The second-order valence-electron chi connectivity index (χ2n) is 6.70. The molecule has 7 nitrogen and oxygen atoms in total. The summed E-state index contributed by atoms with van der Waals surface area (Å²) in [5.74, 6) is -1.09. The molecule has 0 fully saturated rings. The van der Waals surface area contributed by atoms with E-state index in [9.17, 15) is 18.0 Å². The summed E-state index contributed by atoms with van der Waals surface area (Å²) in [6, 6.07) is 19.1. The number of rotatable bonds is 6. The fourth-order valence-corrected chi connectivity index (χ4v) is 4.03. The van der Waals surface area contributed by atoms with Gasteiger partial charge in [-0.1, -0.05) is 29.8 Å². The van der Waals surface area contributed by atoms with Crippen molar-refractivity contribution in [3.05, 3.63) is 89.5 Å². The zero-order valence-corrected chi connectivity index (χ0v) is 17.3. The minimum absolute atomic E-state index is 0.181. The maximum absolute atomic E-state index is 12.8. The average molecular weight is 423 g/mol. The van der Waals surface area contributed by atoms with Crippen LogP contribution in [0.15, 0.2) is 77.7 Å². The Morgan fingerprint density at radius 2 is 1.50 bits per heavy atom. The lowest BCUT2D eigenvalue weighted by atomic mass is 10.1. The van der Waals surface area contributed by atoms with E-state index in [-0.39, 0.29) is 10.5 Å². The number of hydrogen-bond donors (Lipinski definition) is 2. The lowest BCUT2D eigenvalue weighted by Gasteiger charge is -2.20. The Bertz CT molecular complexity index is 1190. The average Bonchev–Trinajstić information content (AvgIpc) is 2.74. The van der Waals surface area contributed by atoms with Gasteiger partial charge in [-0.25, -0.2) is 8.42 Å². The number of anilines is 2. The third kappa shape index (κ3) is 4.33. The molecule has 2 amide bonds. The number of sulfonamides is 1. The van der Waals surface area contributed by atoms with Gasteiger partial charge in [-0.15, -0.1) is 0 Å². The monoisotopic (exact) mass is 423 g/mol. The number of benzene rings is 3. The molecular weight excluding hydrogens is 402 g/mol. The predicted molar refractivity (Wildman–Crippen MR) is 116 cm³/mol. The molecule has 3 aromatic rings. The summed E-state index contributed by atoms with van der Waals surface area (Å²) in [6.07, 6.45) is 0. The van der Waals surface area contributed by atoms with Gasteiger partial charge in [0.2, 0.25) is 0 Å². The van der Waals surface area contributed by atoms with E-state index in [0.717, 1.165) is 9.87 Å². The van der Waals surface area contributed by atoms with E-state index in [1.165, 1.54) is 25.2 Å². The van der Waals surface area contributed by atoms with Crippen molar-refractivity contribution >= 4 is 33.2 Å². The van der Waals surface area contributed by atoms with Crippen LogP contribution in [0.1, 0.15) is 26.3 Å². The molecule has 0 unspecified atom stereocenters. The van der Waals surface area contributed by atoms with E-state index in [2.05, 4.69) is 5.32 Å². The van der Waals surface area contributed by atoms with Crippen molar-refractivity contribution < 1.29 is 18.0 Å². The number of nitrogens with zero attached hydrogens (tertiary/aromatic N) is 1. The lowest BCUT2D eigenvalue weighted by Crippen LogP contribution is -2.26. The van der Waals surface area contributed by atoms with Crippen LogP contribution in [0.25, 0.3) is 0 Å². The number of carbonyl (C=O) groups excluding carboxylic acids is 2. The fraction of sp³-hybridized carbons (Fsp3) is 0.0909. The molecule has 30 heavy (non-hydrogen) atoms. The Labute approximate surface area is 175 Å². The summed E-state index contributed by atoms with van der Waals surface area (Å²) < 4.78 is 26.8. The van der Waals surface area contributed by atoms with E-state index in [1.54, 1.807) is 54.6 Å². The summed E-state index contributed by atoms with van der Waals surface area (Å²) in [5.41, 5.74) is 7.51. The molecular formula is C22H21N3O4S. The maximum atomic E-state index is 12.8. The number of hydrogen-bond acceptors (Lipinski definition) is 4. The highest BCUT2D eigenvalue weighted by molar-refractivity contribution is 7.92. The first-order valence-corrected chi connectivity index (χ1v) is 10.5. The van der Waals surface area contributed by atoms with Crippen LogP contribution in [-0.4, -0.2) is 27.3 Å². The molecule has 0 aliphatic heterocycles. The van der Waals surface area contributed by atoms with Crippen molar-refractivity contribution in [1.29, 1.82) is 0 Å². The van der Waals surface area contributed by atoms with E-state index < -0.39 is 21.8 Å². The van der Waals surface area contributed by atoms with Crippen LogP contribution >= 0.6 is 0 Å². The Morgan fingerprint density at radius 3 is 2.10 bits per heavy atom. The predicted octanol–water partition coefficient (Wildman–Crippen LogP) is 3.17. The number of amides is 2. The van der Waals surface area contributed by atoms with Gasteiger partial charge in [-0.05, 0) is 55.5 Å². The van der Waals surface area contributed by atoms with Crippen LogP contribution in [0.5, 0.6) is 0 Å². The number of primary amides is 1. The van der Waals surface area contributed by atoms with Gasteiger partial charge in [0, 0.05) is 12.6 Å². The van der Waals surface area contributed by atoms with Gasteiger partial charge < -0.3 is 11.1 Å². The second-order valence-corrected chi connectivity index (χ2v) is 8.67. The molecule has 0 aliphatic rings. The number of nitrogens with one attached hydrogen (secondary N) is 1. The number of carbonyl (C=O) groups is 2. The van der Waals surface area contributed by atoms with Gasteiger partial charge in [0.15, 0.2) is 0 Å². The third-order valence-corrected chi connectivity index (χ3v) is 6.41. The number of nitrogens with two attached hydrogens (primary N) is 1. The zero-order chi connectivity index (χ0) is 21.9. The zero-order valence-electron chi connectivity index (χ0n) is 16.5. The Morgan fingerprint density at radius 1 is 0.900 bits per heavy atom. The quantitative estimate of drug-likeness (QED) is 0.634. The summed E-state index contributed by atoms with van der Waals surface area (Å²) in [4.78, 5) is 24.2. The van der Waals surface area contributed by atoms with Crippen molar-refractivity contribution in [2.24, 2.45) is 5.73 Å². The molecule has 3 rings (SSSR count). The summed E-state index contributed by atoms with van der Waals surface area (Å²) in [7, 11) is -2.27. The highest BCUT2D eigenvalue weighted by Crippen LogP contribution is 2.23. The molecule has 0 aliphatic carbocycles. The van der Waals surface area contributed by atoms with Crippen LogP contribution in [0.3, 0.4) is 0 Å². The molecule has 0 saturated heterocycles. The Kier molecular flexibility index (Phi) is 5.89. The van der Waals surface area contributed by atoms with Crippen molar-refractivity contribution in [3.8, 4) is 0 Å². The lowest BCUT2D eigenvalue weighted by molar-refractivity contribution is 0.100. The summed E-state index contributed by atoms with van der Waals surface area (Å²) >= 11 is 0. The first-order valence-electron chi connectivity index (χ1n) is 9.06. The smallest absolute Gasteiger partial charge is 0.264 e. The van der Waals surface area contributed by atoms with Gasteiger partial charge >= 0.3 is 0 Å². The molecule has 8 heteroatoms. The molecule has 3 N–H and O–H groups in total. The van der Waals surface area contributed by atoms with Crippen LogP contribution in [0, 0.1) is 6.92 Å². The van der Waals surface area contributed by atoms with E-state index >= 15 is 0 Å². The first-order chi connectivity index (χ1) is 14.2. The van der Waals surface area contributed by atoms with Crippen molar-refractivity contribution in [2.45, 2.75) is 11.8 Å². The van der Waals surface area contributed by atoms with E-state index in [1.807, 2.05) is 6.92 Å². The molecule has 0 radical (unpaired) electrons. The van der Waals surface area contributed by atoms with Crippen LogP contribution < -0.4 is 15.4 Å². The van der Waals surface area contributed by atoms with Gasteiger partial charge in [-0.3, -0.25) is 13.9 Å². The molecule has 154 valence electrons. The normalized spacial score (nSPS) is 11.0. The van der Waals surface area contributed by atoms with E-state index in [4.69, 9.17) is 5.73 Å². The minimum Gasteiger partial charge on any atom is -0.366 e. The van der Waals surface area contributed by atoms with Crippen LogP contribution in [0.4, 0.5) is 11.4 Å². The molecule has 0 heterocycles. The number of aryl methyl sites for hydroxylation is 1. The molecule has 0 saturated carbocycles. The Balaban J connectivity index is 1.80. The maximum Gasteiger partial charge on any atom is 0.264 e. The third-order valence-electron chi connectivity index (χ3n) is 4.61. The standard InChI is InChI=1S/C22H21N3O4S/c1-15-7-13-18(14-8-15)30(28,29)25(2)17-11-9-16(10-12-17)22(27)24-20-6-4-3-5-19(20)21(23)26/h3-14H,1-2H3,(H2,23,26)(H,24,27). The first kappa shape index (κ1) is 21.1. The van der Waals surface area contributed by atoms with Gasteiger partial charge in [0.1, 0.15) is 0 Å². The number of para-hydroxylation sites is 1. The SMILES string of the molecule is Cc1ccc(S(=O)(=O)N(C)c2ccc(C(=O)Nc3ccccc3C(N)=O)cc2)cc1. The topological polar surface area (TPSA) is 110 Å². The molecule has 0 spiro atoms. The van der Waals surface area contributed by atoms with Gasteiger partial charge in [0.25, 0.3) is 21.8 Å². The summed E-state index contributed by atoms with van der Waals surface area (Å²) in [5, 5.41) is 2.65. The highest BCUT2D eigenvalue weighted by Gasteiger charge is 2.21. The molecule has 0 bridgehead atoms. The molecule has 0 atom stereocenters. The van der Waals surface area contributed by atoms with E-state index in [0.29, 0.717) is 16.9 Å². The van der Waals surface area contributed by atoms with Gasteiger partial charge in [-0.2, -0.15) is 0 Å². The van der Waals surface area contributed by atoms with Crippen molar-refractivity contribution in [1.82, 2.24) is 0 Å². The van der Waals surface area contributed by atoms with Crippen LogP contribution in [-0.2, 0) is 10.0 Å². The fourth-order valence-electron chi connectivity index (χ4n) is 2.83. The molecule has 3 aromatic carbocycles. The largest absolute Gasteiger partial charge is 0.366 e. The van der Waals surface area contributed by atoms with Gasteiger partial charge in [0.05, 0.1) is 21.8 Å². The Hall–Kier alpha value is -3.65. The molecule has 0 aromatic heterocycles.